The first-order chi connectivity index (χ1) is 7.36. The molecule has 82 valence electrons. The average molecular weight is 203 g/mol. The molecular weight excluding hydrogens is 182 g/mol. The van der Waals surface area contributed by atoms with Crippen LogP contribution in [0, 0.1) is 11.8 Å². The summed E-state index contributed by atoms with van der Waals surface area (Å²) in [5, 5.41) is 3.55. The maximum atomic E-state index is 3.55. The van der Waals surface area contributed by atoms with Crippen LogP contribution in [0.25, 0.3) is 0 Å². The van der Waals surface area contributed by atoms with E-state index in [1.807, 2.05) is 0 Å². The molecule has 0 spiro atoms. The lowest BCUT2D eigenvalue weighted by Crippen LogP contribution is -2.19. The number of aryl methyl sites for hydroxylation is 1. The standard InChI is InChI=1S/C14H21N/c1-12-10-14(12)11-15-9-5-8-13-6-3-2-4-7-13/h2-4,6-7,12,14-15H,5,8-11H2,1H3. The molecule has 0 aromatic heterocycles. The first-order valence-electron chi connectivity index (χ1n) is 6.11. The Morgan fingerprint density at radius 3 is 2.67 bits per heavy atom. The summed E-state index contributed by atoms with van der Waals surface area (Å²) in [6.45, 7) is 4.74. The SMILES string of the molecule is CC1CC1CNCCCc1ccccc1. The molecule has 0 bridgehead atoms. The van der Waals surface area contributed by atoms with Gasteiger partial charge in [0.15, 0.2) is 0 Å². The van der Waals surface area contributed by atoms with Crippen molar-refractivity contribution in [2.45, 2.75) is 26.2 Å². The van der Waals surface area contributed by atoms with E-state index >= 15 is 0 Å². The molecule has 1 aromatic rings. The van der Waals surface area contributed by atoms with E-state index in [9.17, 15) is 0 Å². The summed E-state index contributed by atoms with van der Waals surface area (Å²) < 4.78 is 0. The number of benzene rings is 1. The molecule has 1 aromatic carbocycles. The van der Waals surface area contributed by atoms with Gasteiger partial charge in [-0.15, -0.1) is 0 Å². The smallest absolute Gasteiger partial charge is 0.00179 e. The Labute approximate surface area is 92.9 Å². The lowest BCUT2D eigenvalue weighted by molar-refractivity contribution is 0.593. The molecule has 1 N–H and O–H groups in total. The molecule has 0 amide bonds. The summed E-state index contributed by atoms with van der Waals surface area (Å²) in [4.78, 5) is 0. The zero-order valence-electron chi connectivity index (χ0n) is 9.58. The van der Waals surface area contributed by atoms with Crippen LogP contribution in [0.5, 0.6) is 0 Å². The average Bonchev–Trinajstić information content (AvgIpc) is 2.96. The van der Waals surface area contributed by atoms with Gasteiger partial charge in [-0.25, -0.2) is 0 Å². The van der Waals surface area contributed by atoms with Crippen molar-refractivity contribution in [1.82, 2.24) is 5.32 Å². The van der Waals surface area contributed by atoms with Gasteiger partial charge in [0.2, 0.25) is 0 Å². The summed E-state index contributed by atoms with van der Waals surface area (Å²) >= 11 is 0. The first-order valence-corrected chi connectivity index (χ1v) is 6.11. The normalized spacial score (nSPS) is 24.1. The van der Waals surface area contributed by atoms with Crippen LogP contribution in [0.1, 0.15) is 25.3 Å². The van der Waals surface area contributed by atoms with E-state index in [0.29, 0.717) is 0 Å². The third-order valence-electron chi connectivity index (χ3n) is 3.34. The van der Waals surface area contributed by atoms with Gasteiger partial charge in [0, 0.05) is 0 Å². The fourth-order valence-electron chi connectivity index (χ4n) is 2.03. The quantitative estimate of drug-likeness (QED) is 0.701. The van der Waals surface area contributed by atoms with E-state index in [4.69, 9.17) is 0 Å². The van der Waals surface area contributed by atoms with Crippen LogP contribution in [-0.2, 0) is 6.42 Å². The first kappa shape index (κ1) is 10.7. The van der Waals surface area contributed by atoms with Crippen LogP contribution in [0.3, 0.4) is 0 Å². The Morgan fingerprint density at radius 2 is 2.00 bits per heavy atom. The highest BCUT2D eigenvalue weighted by molar-refractivity contribution is 5.14. The van der Waals surface area contributed by atoms with Crippen molar-refractivity contribution >= 4 is 0 Å². The van der Waals surface area contributed by atoms with Crippen LogP contribution in [0.15, 0.2) is 30.3 Å². The highest BCUT2D eigenvalue weighted by Gasteiger charge is 2.31. The number of hydrogen-bond donors (Lipinski definition) is 1. The summed E-state index contributed by atoms with van der Waals surface area (Å²) in [7, 11) is 0. The molecule has 0 saturated heterocycles. The number of nitrogens with one attached hydrogen (secondary N) is 1. The van der Waals surface area contributed by atoms with Gasteiger partial charge in [-0.2, -0.15) is 0 Å². The topological polar surface area (TPSA) is 12.0 Å². The highest BCUT2D eigenvalue weighted by atomic mass is 14.9. The molecule has 1 saturated carbocycles. The van der Waals surface area contributed by atoms with Crippen LogP contribution in [0.2, 0.25) is 0 Å². The van der Waals surface area contributed by atoms with Crippen LogP contribution < -0.4 is 5.32 Å². The predicted octanol–water partition coefficient (Wildman–Crippen LogP) is 2.86. The molecule has 2 rings (SSSR count). The van der Waals surface area contributed by atoms with Gasteiger partial charge in [-0.1, -0.05) is 37.3 Å². The maximum Gasteiger partial charge on any atom is -0.00179 e. The second-order valence-electron chi connectivity index (χ2n) is 4.77. The Balaban J connectivity index is 1.52. The lowest BCUT2D eigenvalue weighted by atomic mass is 10.1. The van der Waals surface area contributed by atoms with Gasteiger partial charge in [-0.3, -0.25) is 0 Å². The van der Waals surface area contributed by atoms with Gasteiger partial charge >= 0.3 is 0 Å². The van der Waals surface area contributed by atoms with Crippen molar-refractivity contribution in [2.75, 3.05) is 13.1 Å². The number of rotatable bonds is 6. The second kappa shape index (κ2) is 5.32. The van der Waals surface area contributed by atoms with Crippen LogP contribution in [-0.4, -0.2) is 13.1 Å². The van der Waals surface area contributed by atoms with Crippen molar-refractivity contribution in [2.24, 2.45) is 11.8 Å². The molecule has 0 radical (unpaired) electrons. The summed E-state index contributed by atoms with van der Waals surface area (Å²) in [6.07, 6.45) is 3.89. The predicted molar refractivity (Wildman–Crippen MR) is 64.9 cm³/mol. The molecule has 1 aliphatic rings. The molecule has 2 atom stereocenters. The van der Waals surface area contributed by atoms with Gasteiger partial charge in [0.05, 0.1) is 0 Å². The van der Waals surface area contributed by atoms with Gasteiger partial charge < -0.3 is 5.32 Å². The summed E-state index contributed by atoms with van der Waals surface area (Å²) in [6, 6.07) is 10.7. The zero-order chi connectivity index (χ0) is 10.5. The molecular formula is C14H21N. The fraction of sp³-hybridized carbons (Fsp3) is 0.571. The molecule has 0 heterocycles. The van der Waals surface area contributed by atoms with Gasteiger partial charge in [-0.05, 0) is 49.8 Å². The van der Waals surface area contributed by atoms with Gasteiger partial charge in [0.25, 0.3) is 0 Å². The maximum absolute atomic E-state index is 3.55. The minimum absolute atomic E-state index is 0.974. The van der Waals surface area contributed by atoms with Crippen molar-refractivity contribution in [3.05, 3.63) is 35.9 Å². The van der Waals surface area contributed by atoms with Crippen LogP contribution >= 0.6 is 0 Å². The summed E-state index contributed by atoms with van der Waals surface area (Å²) in [5.74, 6) is 1.95. The van der Waals surface area contributed by atoms with E-state index < -0.39 is 0 Å². The van der Waals surface area contributed by atoms with Crippen molar-refractivity contribution in [3.63, 3.8) is 0 Å². The largest absolute Gasteiger partial charge is 0.316 e. The van der Waals surface area contributed by atoms with Crippen molar-refractivity contribution < 1.29 is 0 Å². The van der Waals surface area contributed by atoms with Crippen molar-refractivity contribution in [1.29, 1.82) is 0 Å². The van der Waals surface area contributed by atoms with E-state index in [2.05, 4.69) is 42.6 Å². The van der Waals surface area contributed by atoms with Crippen LogP contribution in [0.4, 0.5) is 0 Å². The van der Waals surface area contributed by atoms with E-state index in [1.54, 1.807) is 0 Å². The minimum atomic E-state index is 0.974. The minimum Gasteiger partial charge on any atom is -0.316 e. The Hall–Kier alpha value is -0.820. The van der Waals surface area contributed by atoms with E-state index in [1.165, 1.54) is 31.4 Å². The van der Waals surface area contributed by atoms with E-state index in [-0.39, 0.29) is 0 Å². The lowest BCUT2D eigenvalue weighted by Gasteiger charge is -2.03. The Bertz CT molecular complexity index is 281. The van der Waals surface area contributed by atoms with Gasteiger partial charge in [0.1, 0.15) is 0 Å². The van der Waals surface area contributed by atoms with E-state index in [0.717, 1.165) is 18.4 Å². The highest BCUT2D eigenvalue weighted by Crippen LogP contribution is 2.36. The molecule has 15 heavy (non-hydrogen) atoms. The summed E-state index contributed by atoms with van der Waals surface area (Å²) in [5.41, 5.74) is 1.46. The zero-order valence-corrected chi connectivity index (χ0v) is 9.58. The third kappa shape index (κ3) is 3.67. The monoisotopic (exact) mass is 203 g/mol. The Kier molecular flexibility index (Phi) is 3.79. The molecule has 1 fully saturated rings. The third-order valence-corrected chi connectivity index (χ3v) is 3.34. The number of hydrogen-bond acceptors (Lipinski definition) is 1. The molecule has 0 aliphatic heterocycles. The molecule has 2 unspecified atom stereocenters. The van der Waals surface area contributed by atoms with Crippen molar-refractivity contribution in [3.8, 4) is 0 Å². The fourth-order valence-corrected chi connectivity index (χ4v) is 2.03. The molecule has 1 heteroatoms. The molecule has 1 aliphatic carbocycles. The Morgan fingerprint density at radius 1 is 1.27 bits per heavy atom. The second-order valence-corrected chi connectivity index (χ2v) is 4.77. The molecule has 1 nitrogen and oxygen atoms in total.